The van der Waals surface area contributed by atoms with Gasteiger partial charge in [0.1, 0.15) is 5.01 Å². The van der Waals surface area contributed by atoms with Crippen LogP contribution in [0, 0.1) is 5.41 Å². The van der Waals surface area contributed by atoms with Gasteiger partial charge in [0.15, 0.2) is 0 Å². The van der Waals surface area contributed by atoms with Gasteiger partial charge >= 0.3 is 0 Å². The van der Waals surface area contributed by atoms with Crippen LogP contribution in [-0.2, 0) is 4.79 Å². The minimum absolute atomic E-state index is 0.0128. The zero-order chi connectivity index (χ0) is 13.2. The number of nitrogens with zero attached hydrogens (tertiary/aromatic N) is 1. The molecule has 1 aromatic heterocycles. The van der Waals surface area contributed by atoms with Crippen molar-refractivity contribution in [2.45, 2.75) is 20.8 Å². The first-order valence-electron chi connectivity index (χ1n) is 5.78. The minimum Gasteiger partial charge on any atom is -0.326 e. The van der Waals surface area contributed by atoms with Gasteiger partial charge in [-0.2, -0.15) is 0 Å². The first-order valence-corrected chi connectivity index (χ1v) is 6.66. The zero-order valence-electron chi connectivity index (χ0n) is 10.7. The lowest BCUT2D eigenvalue weighted by Gasteiger charge is -2.17. The Balaban J connectivity index is 2.21. The van der Waals surface area contributed by atoms with E-state index in [0.29, 0.717) is 0 Å². The smallest absolute Gasteiger partial charge is 0.229 e. The second-order valence-electron chi connectivity index (χ2n) is 5.12. The number of anilines is 1. The van der Waals surface area contributed by atoms with Crippen molar-refractivity contribution < 1.29 is 4.79 Å². The van der Waals surface area contributed by atoms with Crippen LogP contribution in [-0.4, -0.2) is 10.9 Å². The van der Waals surface area contributed by atoms with Gasteiger partial charge in [0, 0.05) is 28.2 Å². The molecule has 0 bridgehead atoms. The second kappa shape index (κ2) is 4.90. The second-order valence-corrected chi connectivity index (χ2v) is 6.02. The van der Waals surface area contributed by atoms with Crippen molar-refractivity contribution in [1.29, 1.82) is 0 Å². The predicted molar refractivity (Wildman–Crippen MR) is 75.6 cm³/mol. The minimum atomic E-state index is -0.392. The summed E-state index contributed by atoms with van der Waals surface area (Å²) in [5.74, 6) is 0.0128. The number of carbonyl (C=O) groups is 1. The molecule has 1 aromatic carbocycles. The Morgan fingerprint density at radius 1 is 1.33 bits per heavy atom. The average Bonchev–Trinajstić information content (AvgIpc) is 2.81. The fourth-order valence-corrected chi connectivity index (χ4v) is 2.05. The molecule has 0 saturated heterocycles. The van der Waals surface area contributed by atoms with E-state index in [0.717, 1.165) is 16.3 Å². The summed E-state index contributed by atoms with van der Waals surface area (Å²) in [6, 6.07) is 7.75. The van der Waals surface area contributed by atoms with Crippen molar-refractivity contribution in [2.75, 3.05) is 5.32 Å². The summed E-state index contributed by atoms with van der Waals surface area (Å²) < 4.78 is 0. The summed E-state index contributed by atoms with van der Waals surface area (Å²) in [4.78, 5) is 16.2. The SMILES string of the molecule is CC(C)(C)C(=O)Nc1cccc(-c2nccs2)c1. The Kier molecular flexibility index (Phi) is 3.48. The number of aromatic nitrogens is 1. The third-order valence-corrected chi connectivity index (χ3v) is 3.30. The molecule has 4 heteroatoms. The monoisotopic (exact) mass is 260 g/mol. The highest BCUT2D eigenvalue weighted by Gasteiger charge is 2.21. The predicted octanol–water partition coefficient (Wildman–Crippen LogP) is 3.79. The molecule has 2 aromatic rings. The number of amides is 1. The quantitative estimate of drug-likeness (QED) is 0.892. The summed E-state index contributed by atoms with van der Waals surface area (Å²) in [5, 5.41) is 5.82. The van der Waals surface area contributed by atoms with Crippen LogP contribution in [0.25, 0.3) is 10.6 Å². The normalized spacial score (nSPS) is 11.3. The molecular weight excluding hydrogens is 244 g/mol. The van der Waals surface area contributed by atoms with Gasteiger partial charge in [-0.1, -0.05) is 32.9 Å². The Hall–Kier alpha value is -1.68. The van der Waals surface area contributed by atoms with Gasteiger partial charge in [-0.25, -0.2) is 4.98 Å². The molecule has 1 N–H and O–H groups in total. The van der Waals surface area contributed by atoms with Crippen molar-refractivity contribution in [3.63, 3.8) is 0 Å². The van der Waals surface area contributed by atoms with Crippen LogP contribution in [0.4, 0.5) is 5.69 Å². The summed E-state index contributed by atoms with van der Waals surface area (Å²) in [6.07, 6.45) is 1.78. The molecule has 0 unspecified atom stereocenters. The average molecular weight is 260 g/mol. The Morgan fingerprint density at radius 2 is 2.11 bits per heavy atom. The van der Waals surface area contributed by atoms with Gasteiger partial charge in [0.25, 0.3) is 0 Å². The molecule has 94 valence electrons. The number of nitrogens with one attached hydrogen (secondary N) is 1. The molecule has 2 rings (SSSR count). The Bertz CT molecular complexity index is 541. The fraction of sp³-hybridized carbons (Fsp3) is 0.286. The number of thiazole rings is 1. The summed E-state index contributed by atoms with van der Waals surface area (Å²) in [6.45, 7) is 5.69. The number of hydrogen-bond acceptors (Lipinski definition) is 3. The van der Waals surface area contributed by atoms with Crippen LogP contribution >= 0.6 is 11.3 Å². The standard InChI is InChI=1S/C14H16N2OS/c1-14(2,3)13(17)16-11-6-4-5-10(9-11)12-15-7-8-18-12/h4-9H,1-3H3,(H,16,17). The zero-order valence-corrected chi connectivity index (χ0v) is 11.5. The van der Waals surface area contributed by atoms with Crippen molar-refractivity contribution in [2.24, 2.45) is 5.41 Å². The van der Waals surface area contributed by atoms with Gasteiger partial charge < -0.3 is 5.32 Å². The van der Waals surface area contributed by atoms with E-state index >= 15 is 0 Å². The van der Waals surface area contributed by atoms with E-state index in [2.05, 4.69) is 10.3 Å². The van der Waals surface area contributed by atoms with Gasteiger partial charge in [-0.3, -0.25) is 4.79 Å². The molecule has 0 fully saturated rings. The number of rotatable bonds is 2. The summed E-state index contributed by atoms with van der Waals surface area (Å²) in [7, 11) is 0. The van der Waals surface area contributed by atoms with Crippen molar-refractivity contribution in [1.82, 2.24) is 4.98 Å². The topological polar surface area (TPSA) is 42.0 Å². The van der Waals surface area contributed by atoms with E-state index in [1.54, 1.807) is 17.5 Å². The maximum Gasteiger partial charge on any atom is 0.229 e. The van der Waals surface area contributed by atoms with Crippen molar-refractivity contribution in [3.05, 3.63) is 35.8 Å². The fourth-order valence-electron chi connectivity index (χ4n) is 1.41. The van der Waals surface area contributed by atoms with Crippen molar-refractivity contribution >= 4 is 22.9 Å². The third kappa shape index (κ3) is 2.96. The summed E-state index contributed by atoms with van der Waals surface area (Å²) >= 11 is 1.59. The summed E-state index contributed by atoms with van der Waals surface area (Å²) in [5.41, 5.74) is 1.44. The lowest BCUT2D eigenvalue weighted by Crippen LogP contribution is -2.27. The van der Waals surface area contributed by atoms with Gasteiger partial charge in [0.05, 0.1) is 0 Å². The molecule has 0 atom stereocenters. The number of benzene rings is 1. The number of carbonyl (C=O) groups excluding carboxylic acids is 1. The van der Waals surface area contributed by atoms with Gasteiger partial charge in [0.2, 0.25) is 5.91 Å². The third-order valence-electron chi connectivity index (χ3n) is 2.48. The van der Waals surface area contributed by atoms with Crippen LogP contribution < -0.4 is 5.32 Å². The highest BCUT2D eigenvalue weighted by Crippen LogP contribution is 2.25. The largest absolute Gasteiger partial charge is 0.326 e. The number of hydrogen-bond donors (Lipinski definition) is 1. The molecule has 0 spiro atoms. The molecular formula is C14H16N2OS. The van der Waals surface area contributed by atoms with Gasteiger partial charge in [-0.15, -0.1) is 11.3 Å². The first-order chi connectivity index (χ1) is 8.47. The molecule has 1 amide bonds. The highest BCUT2D eigenvalue weighted by atomic mass is 32.1. The molecule has 1 heterocycles. The van der Waals surface area contributed by atoms with Crippen LogP contribution in [0.2, 0.25) is 0 Å². The van der Waals surface area contributed by atoms with E-state index in [4.69, 9.17) is 0 Å². The van der Waals surface area contributed by atoms with E-state index in [1.807, 2.05) is 50.4 Å². The van der Waals surface area contributed by atoms with Crippen LogP contribution in [0.15, 0.2) is 35.8 Å². The Morgan fingerprint density at radius 3 is 2.72 bits per heavy atom. The molecule has 3 nitrogen and oxygen atoms in total. The van der Waals surface area contributed by atoms with Crippen LogP contribution in [0.1, 0.15) is 20.8 Å². The van der Waals surface area contributed by atoms with Crippen LogP contribution in [0.3, 0.4) is 0 Å². The lowest BCUT2D eigenvalue weighted by atomic mass is 9.95. The molecule has 0 aliphatic heterocycles. The van der Waals surface area contributed by atoms with Crippen LogP contribution in [0.5, 0.6) is 0 Å². The van der Waals surface area contributed by atoms with E-state index in [9.17, 15) is 4.79 Å². The molecule has 0 saturated carbocycles. The van der Waals surface area contributed by atoms with Crippen molar-refractivity contribution in [3.8, 4) is 10.6 Å². The molecule has 18 heavy (non-hydrogen) atoms. The first kappa shape index (κ1) is 12.8. The Labute approximate surface area is 111 Å². The highest BCUT2D eigenvalue weighted by molar-refractivity contribution is 7.13. The molecule has 0 radical (unpaired) electrons. The maximum atomic E-state index is 11.9. The van der Waals surface area contributed by atoms with E-state index < -0.39 is 5.41 Å². The van der Waals surface area contributed by atoms with E-state index in [-0.39, 0.29) is 5.91 Å². The molecule has 0 aliphatic carbocycles. The lowest BCUT2D eigenvalue weighted by molar-refractivity contribution is -0.123. The van der Waals surface area contributed by atoms with E-state index in [1.165, 1.54) is 0 Å². The molecule has 0 aliphatic rings. The van der Waals surface area contributed by atoms with Gasteiger partial charge in [-0.05, 0) is 12.1 Å². The maximum absolute atomic E-state index is 11.9.